The molecule has 86 valence electrons. The Hall–Kier alpha value is -1.46. The van der Waals surface area contributed by atoms with E-state index in [1.807, 2.05) is 26.8 Å². The second-order valence-corrected chi connectivity index (χ2v) is 4.76. The molecule has 1 aromatic rings. The summed E-state index contributed by atoms with van der Waals surface area (Å²) in [6, 6.07) is 5.36. The Labute approximate surface area is 96.9 Å². The average Bonchev–Trinajstić information content (AvgIpc) is 2.19. The summed E-state index contributed by atoms with van der Waals surface area (Å²) in [7, 11) is 0. The number of aliphatic hydroxyl groups excluding tert-OH is 1. The first kappa shape index (κ1) is 12.6. The fourth-order valence-electron chi connectivity index (χ4n) is 1.43. The summed E-state index contributed by atoms with van der Waals surface area (Å²) in [6.45, 7) is 6.23. The maximum absolute atomic E-state index is 9.75. The molecule has 0 atom stereocenters. The third-order valence-corrected chi connectivity index (χ3v) is 2.27. The average molecular weight is 218 g/mol. The van der Waals surface area contributed by atoms with E-state index >= 15 is 0 Å². The van der Waals surface area contributed by atoms with Crippen LogP contribution in [0.15, 0.2) is 18.2 Å². The highest BCUT2D eigenvalue weighted by molar-refractivity contribution is 5.46. The molecule has 0 heterocycles. The van der Waals surface area contributed by atoms with Gasteiger partial charge in [-0.25, -0.2) is 0 Å². The fraction of sp³-hybridized carbons (Fsp3) is 0.429. The Bertz CT molecular complexity index is 417. The van der Waals surface area contributed by atoms with Crippen molar-refractivity contribution in [1.29, 1.82) is 0 Å². The summed E-state index contributed by atoms with van der Waals surface area (Å²) in [4.78, 5) is 0. The molecule has 0 aromatic heterocycles. The van der Waals surface area contributed by atoms with Crippen LogP contribution in [-0.4, -0.2) is 16.8 Å². The van der Waals surface area contributed by atoms with Crippen LogP contribution in [0.4, 0.5) is 0 Å². The second kappa shape index (κ2) is 5.05. The number of phenolic OH excluding ortho intramolecular Hbond substituents is 1. The minimum absolute atomic E-state index is 0.0806. The summed E-state index contributed by atoms with van der Waals surface area (Å²) < 4.78 is 0. The molecule has 2 N–H and O–H groups in total. The van der Waals surface area contributed by atoms with Gasteiger partial charge in [0.1, 0.15) is 5.75 Å². The maximum Gasteiger partial charge on any atom is 0.119 e. The highest BCUT2D eigenvalue weighted by Gasteiger charge is 2.17. The summed E-state index contributed by atoms with van der Waals surface area (Å²) in [5.74, 6) is 6.14. The van der Waals surface area contributed by atoms with Crippen molar-refractivity contribution in [2.75, 3.05) is 6.61 Å². The van der Waals surface area contributed by atoms with E-state index in [0.717, 1.165) is 11.1 Å². The highest BCUT2D eigenvalue weighted by atomic mass is 16.3. The van der Waals surface area contributed by atoms with Crippen LogP contribution in [0.5, 0.6) is 5.75 Å². The smallest absolute Gasteiger partial charge is 0.119 e. The number of hydrogen-bond donors (Lipinski definition) is 2. The molecule has 16 heavy (non-hydrogen) atoms. The van der Waals surface area contributed by atoms with Crippen LogP contribution in [0.1, 0.15) is 38.3 Å². The van der Waals surface area contributed by atoms with Gasteiger partial charge in [-0.3, -0.25) is 0 Å². The molecular formula is C14H18O2. The molecule has 0 aliphatic heterocycles. The monoisotopic (exact) mass is 218 g/mol. The van der Waals surface area contributed by atoms with Crippen molar-refractivity contribution >= 4 is 0 Å². The summed E-state index contributed by atoms with van der Waals surface area (Å²) >= 11 is 0. The standard InChI is InChI=1S/C14H18O2/c1-14(2,3)12-10-11(6-4-5-9-15)7-8-13(12)16/h7-8,10,15-16H,5,9H2,1-3H3. The van der Waals surface area contributed by atoms with Crippen molar-refractivity contribution < 1.29 is 10.2 Å². The third-order valence-electron chi connectivity index (χ3n) is 2.27. The molecule has 0 saturated heterocycles. The Morgan fingerprint density at radius 3 is 2.50 bits per heavy atom. The lowest BCUT2D eigenvalue weighted by Gasteiger charge is -2.20. The predicted molar refractivity (Wildman–Crippen MR) is 65.4 cm³/mol. The summed E-state index contributed by atoms with van der Waals surface area (Å²) in [5, 5.41) is 18.4. The van der Waals surface area contributed by atoms with Crippen LogP contribution >= 0.6 is 0 Å². The first-order valence-corrected chi connectivity index (χ1v) is 5.38. The van der Waals surface area contributed by atoms with Crippen LogP contribution in [-0.2, 0) is 5.41 Å². The van der Waals surface area contributed by atoms with Gasteiger partial charge in [0.15, 0.2) is 0 Å². The van der Waals surface area contributed by atoms with Crippen LogP contribution in [0, 0.1) is 11.8 Å². The van der Waals surface area contributed by atoms with Gasteiger partial charge in [0.05, 0.1) is 6.61 Å². The summed E-state index contributed by atoms with van der Waals surface area (Å²) in [6.07, 6.45) is 0.478. The third kappa shape index (κ3) is 3.29. The molecule has 1 aromatic carbocycles. The second-order valence-electron chi connectivity index (χ2n) is 4.76. The zero-order valence-corrected chi connectivity index (χ0v) is 10.0. The van der Waals surface area contributed by atoms with Crippen molar-refractivity contribution in [3.8, 4) is 17.6 Å². The number of benzene rings is 1. The molecule has 1 rings (SSSR count). The van der Waals surface area contributed by atoms with Crippen molar-refractivity contribution in [2.24, 2.45) is 0 Å². The first-order chi connectivity index (χ1) is 7.45. The lowest BCUT2D eigenvalue weighted by atomic mass is 9.85. The molecule has 0 radical (unpaired) electrons. The van der Waals surface area contributed by atoms with Crippen molar-refractivity contribution in [3.63, 3.8) is 0 Å². The molecule has 0 bridgehead atoms. The van der Waals surface area contributed by atoms with Gasteiger partial charge in [-0.2, -0.15) is 0 Å². The molecule has 0 unspecified atom stereocenters. The van der Waals surface area contributed by atoms with Crippen molar-refractivity contribution in [1.82, 2.24) is 0 Å². The van der Waals surface area contributed by atoms with E-state index in [0.29, 0.717) is 12.2 Å². The topological polar surface area (TPSA) is 40.5 Å². The quantitative estimate of drug-likeness (QED) is 0.711. The van der Waals surface area contributed by atoms with E-state index in [4.69, 9.17) is 5.11 Å². The van der Waals surface area contributed by atoms with Crippen LogP contribution < -0.4 is 0 Å². The van der Waals surface area contributed by atoms with Crippen LogP contribution in [0.3, 0.4) is 0 Å². The van der Waals surface area contributed by atoms with Crippen molar-refractivity contribution in [2.45, 2.75) is 32.6 Å². The Balaban J connectivity index is 3.05. The minimum Gasteiger partial charge on any atom is -0.508 e. The molecule has 0 amide bonds. The van der Waals surface area contributed by atoms with Crippen LogP contribution in [0.2, 0.25) is 0 Å². The van der Waals surface area contributed by atoms with Gasteiger partial charge in [0, 0.05) is 17.5 Å². The minimum atomic E-state index is -0.0985. The Morgan fingerprint density at radius 1 is 1.25 bits per heavy atom. The van der Waals surface area contributed by atoms with E-state index in [1.165, 1.54) is 0 Å². The largest absolute Gasteiger partial charge is 0.508 e. The van der Waals surface area contributed by atoms with E-state index in [1.54, 1.807) is 12.1 Å². The van der Waals surface area contributed by atoms with E-state index in [9.17, 15) is 5.11 Å². The van der Waals surface area contributed by atoms with Crippen molar-refractivity contribution in [3.05, 3.63) is 29.3 Å². The lowest BCUT2D eigenvalue weighted by molar-refractivity contribution is 0.305. The number of aliphatic hydroxyl groups is 1. The molecule has 0 fully saturated rings. The van der Waals surface area contributed by atoms with Gasteiger partial charge in [-0.15, -0.1) is 0 Å². The maximum atomic E-state index is 9.75. The van der Waals surface area contributed by atoms with Gasteiger partial charge in [0.2, 0.25) is 0 Å². The zero-order chi connectivity index (χ0) is 12.2. The van der Waals surface area contributed by atoms with Gasteiger partial charge < -0.3 is 10.2 Å². The predicted octanol–water partition coefficient (Wildman–Crippen LogP) is 2.42. The number of aromatic hydroxyl groups is 1. The van der Waals surface area contributed by atoms with Gasteiger partial charge in [-0.1, -0.05) is 32.6 Å². The Kier molecular flexibility index (Phi) is 3.98. The molecular weight excluding hydrogens is 200 g/mol. The van der Waals surface area contributed by atoms with Gasteiger partial charge in [0.25, 0.3) is 0 Å². The highest BCUT2D eigenvalue weighted by Crippen LogP contribution is 2.30. The SMILES string of the molecule is CC(C)(C)c1cc(C#CCCO)ccc1O. The Morgan fingerprint density at radius 2 is 1.94 bits per heavy atom. The summed E-state index contributed by atoms with van der Waals surface area (Å²) in [5.41, 5.74) is 1.66. The van der Waals surface area contributed by atoms with Gasteiger partial charge in [-0.05, 0) is 23.6 Å². The normalized spacial score (nSPS) is 10.8. The van der Waals surface area contributed by atoms with E-state index in [2.05, 4.69) is 11.8 Å². The number of rotatable bonds is 1. The molecule has 0 saturated carbocycles. The van der Waals surface area contributed by atoms with E-state index < -0.39 is 0 Å². The van der Waals surface area contributed by atoms with Gasteiger partial charge >= 0.3 is 0 Å². The zero-order valence-electron chi connectivity index (χ0n) is 10.0. The number of hydrogen-bond acceptors (Lipinski definition) is 2. The molecule has 0 aliphatic rings. The molecule has 2 nitrogen and oxygen atoms in total. The lowest BCUT2D eigenvalue weighted by Crippen LogP contribution is -2.11. The van der Waals surface area contributed by atoms with E-state index in [-0.39, 0.29) is 12.0 Å². The first-order valence-electron chi connectivity index (χ1n) is 5.38. The number of phenols is 1. The molecule has 0 spiro atoms. The van der Waals surface area contributed by atoms with Crippen LogP contribution in [0.25, 0.3) is 0 Å². The molecule has 0 aliphatic carbocycles. The fourth-order valence-corrected chi connectivity index (χ4v) is 1.43. The molecule has 2 heteroatoms.